The van der Waals surface area contributed by atoms with Crippen molar-refractivity contribution in [2.75, 3.05) is 39.0 Å². The lowest BCUT2D eigenvalue weighted by Crippen LogP contribution is -2.42. The Bertz CT molecular complexity index is 1860. The number of piperidine rings is 1. The molecule has 2 N–H and O–H groups in total. The molecule has 1 amide bonds. The predicted octanol–water partition coefficient (Wildman–Crippen LogP) is 5.54. The molecule has 1 saturated heterocycles. The van der Waals surface area contributed by atoms with Gasteiger partial charge in [0, 0.05) is 30.8 Å². The average Bonchev–Trinajstić information content (AvgIpc) is 3.38. The minimum Gasteiger partial charge on any atom is -0.491 e. The maximum Gasteiger partial charge on any atom is 0.236 e. The lowest BCUT2D eigenvalue weighted by molar-refractivity contribution is -0.132. The van der Waals surface area contributed by atoms with Gasteiger partial charge in [-0.05, 0) is 104 Å². The van der Waals surface area contributed by atoms with Crippen molar-refractivity contribution in [3.8, 4) is 5.75 Å². The van der Waals surface area contributed by atoms with Crippen LogP contribution < -0.4 is 10.1 Å². The van der Waals surface area contributed by atoms with Crippen molar-refractivity contribution in [2.45, 2.75) is 83.0 Å². The first-order chi connectivity index (χ1) is 22.2. The summed E-state index contributed by atoms with van der Waals surface area (Å²) in [6, 6.07) is 11.2. The SMILES string of the molecule is Cc1cc(Cc2nc(Nc3ccccc3S(=O)(=O)C(C)C)c3c(C)[nH]nc3n2)c(OC(C)C)cc1C1CCN(C(=O)CN(C)C)CC1. The lowest BCUT2D eigenvalue weighted by atomic mass is 9.85. The topological polar surface area (TPSA) is 133 Å². The third-order valence-electron chi connectivity index (χ3n) is 8.61. The Morgan fingerprint density at radius 3 is 2.45 bits per heavy atom. The highest BCUT2D eigenvalue weighted by Crippen LogP contribution is 2.36. The molecule has 0 saturated carbocycles. The summed E-state index contributed by atoms with van der Waals surface area (Å²) in [5.41, 5.74) is 5.09. The second-order valence-electron chi connectivity index (χ2n) is 13.3. The number of likely N-dealkylation sites (N-methyl/N-ethyl adjacent to an activating group) is 1. The van der Waals surface area contributed by atoms with Gasteiger partial charge in [0.05, 0.1) is 33.9 Å². The predicted molar refractivity (Wildman–Crippen MR) is 185 cm³/mol. The van der Waals surface area contributed by atoms with Crippen molar-refractivity contribution in [1.82, 2.24) is 30.0 Å². The number of hydrogen-bond donors (Lipinski definition) is 2. The molecular formula is C35H47N7O4S. The Kier molecular flexibility index (Phi) is 10.2. The van der Waals surface area contributed by atoms with Gasteiger partial charge >= 0.3 is 0 Å². The fraction of sp³-hybridized carbons (Fsp3) is 0.486. The van der Waals surface area contributed by atoms with Crippen molar-refractivity contribution >= 4 is 38.3 Å². The number of aromatic nitrogens is 4. The van der Waals surface area contributed by atoms with Gasteiger partial charge in [0.25, 0.3) is 0 Å². The normalized spacial score (nSPS) is 14.5. The van der Waals surface area contributed by atoms with Crippen LogP contribution in [0.3, 0.4) is 0 Å². The zero-order valence-electron chi connectivity index (χ0n) is 28.7. The number of ether oxygens (including phenoxy) is 1. The highest BCUT2D eigenvalue weighted by atomic mass is 32.2. The van der Waals surface area contributed by atoms with E-state index in [9.17, 15) is 13.2 Å². The monoisotopic (exact) mass is 661 g/mol. The van der Waals surface area contributed by atoms with Gasteiger partial charge in [0.15, 0.2) is 15.5 Å². The molecular weight excluding hydrogens is 614 g/mol. The molecule has 252 valence electrons. The number of carbonyl (C=O) groups excluding carboxylic acids is 1. The highest BCUT2D eigenvalue weighted by molar-refractivity contribution is 7.92. The molecule has 47 heavy (non-hydrogen) atoms. The second kappa shape index (κ2) is 14.0. The number of aryl methyl sites for hydroxylation is 2. The number of benzene rings is 2. The zero-order valence-corrected chi connectivity index (χ0v) is 29.5. The van der Waals surface area contributed by atoms with Crippen molar-refractivity contribution in [1.29, 1.82) is 0 Å². The standard InChI is InChI=1S/C35H47N7O4S/c1-21(2)46-29-19-27(25-13-15-42(16-14-25)32(43)20-41(7)8)23(5)17-26(29)18-31-37-34(33-24(6)39-40-35(33)38-31)36-28-11-9-10-12-30(28)47(44,45)22(3)4/h9-12,17,19,21-22,25H,13-16,18,20H2,1-8H3,(H2,36,37,38,39,40). The van der Waals surface area contributed by atoms with E-state index in [1.807, 2.05) is 44.7 Å². The summed E-state index contributed by atoms with van der Waals surface area (Å²) < 4.78 is 32.8. The molecule has 4 aromatic rings. The highest BCUT2D eigenvalue weighted by Gasteiger charge is 2.27. The smallest absolute Gasteiger partial charge is 0.236 e. The van der Waals surface area contributed by atoms with E-state index < -0.39 is 15.1 Å². The number of likely N-dealkylation sites (tertiary alicyclic amines) is 1. The first-order valence-corrected chi connectivity index (χ1v) is 17.8. The van der Waals surface area contributed by atoms with Crippen LogP contribution in [0.1, 0.15) is 74.7 Å². The summed E-state index contributed by atoms with van der Waals surface area (Å²) in [4.78, 5) is 26.4. The largest absolute Gasteiger partial charge is 0.491 e. The Labute approximate surface area is 278 Å². The van der Waals surface area contributed by atoms with E-state index in [2.05, 4.69) is 34.6 Å². The third kappa shape index (κ3) is 7.59. The summed E-state index contributed by atoms with van der Waals surface area (Å²) in [6.07, 6.45) is 2.16. The van der Waals surface area contributed by atoms with Crippen LogP contribution in [-0.2, 0) is 21.1 Å². The number of fused-ring (bicyclic) bond motifs is 1. The molecule has 2 aromatic heterocycles. The summed E-state index contributed by atoms with van der Waals surface area (Å²) in [5, 5.41) is 10.9. The Balaban J connectivity index is 1.47. The van der Waals surface area contributed by atoms with E-state index in [-0.39, 0.29) is 16.9 Å². The molecule has 0 bridgehead atoms. The van der Waals surface area contributed by atoms with E-state index >= 15 is 0 Å². The molecule has 11 nitrogen and oxygen atoms in total. The first kappa shape index (κ1) is 34.3. The third-order valence-corrected chi connectivity index (χ3v) is 10.8. The number of H-pyrrole nitrogens is 1. The molecule has 0 atom stereocenters. The number of nitrogens with one attached hydrogen (secondary N) is 2. The molecule has 0 aliphatic carbocycles. The van der Waals surface area contributed by atoms with Crippen LogP contribution >= 0.6 is 0 Å². The number of carbonyl (C=O) groups is 1. The van der Waals surface area contributed by atoms with Crippen LogP contribution in [0.15, 0.2) is 41.3 Å². The molecule has 12 heteroatoms. The van der Waals surface area contributed by atoms with Gasteiger partial charge < -0.3 is 19.9 Å². The summed E-state index contributed by atoms with van der Waals surface area (Å²) in [5.74, 6) is 2.31. The fourth-order valence-corrected chi connectivity index (χ4v) is 7.37. The van der Waals surface area contributed by atoms with Crippen molar-refractivity contribution < 1.29 is 17.9 Å². The molecule has 0 radical (unpaired) electrons. The van der Waals surface area contributed by atoms with Crippen molar-refractivity contribution in [3.63, 3.8) is 0 Å². The molecule has 5 rings (SSSR count). The maximum absolute atomic E-state index is 13.2. The number of sulfone groups is 1. The maximum atomic E-state index is 13.2. The van der Waals surface area contributed by atoms with Gasteiger partial charge in [-0.25, -0.2) is 18.4 Å². The number of aromatic amines is 1. The average molecular weight is 662 g/mol. The van der Waals surface area contributed by atoms with Crippen molar-refractivity contribution in [2.24, 2.45) is 0 Å². The van der Waals surface area contributed by atoms with Crippen LogP contribution in [0.4, 0.5) is 11.5 Å². The minimum atomic E-state index is -3.55. The van der Waals surface area contributed by atoms with E-state index in [0.29, 0.717) is 47.2 Å². The van der Waals surface area contributed by atoms with Gasteiger partial charge in [-0.15, -0.1) is 0 Å². The fourth-order valence-electron chi connectivity index (χ4n) is 6.17. The second-order valence-corrected chi connectivity index (χ2v) is 15.8. The van der Waals surface area contributed by atoms with Gasteiger partial charge in [-0.1, -0.05) is 18.2 Å². The van der Waals surface area contributed by atoms with Gasteiger partial charge in [0.1, 0.15) is 17.4 Å². The number of hydrogen-bond acceptors (Lipinski definition) is 9. The summed E-state index contributed by atoms with van der Waals surface area (Å²) >= 11 is 0. The quantitative estimate of drug-likeness (QED) is 0.213. The zero-order chi connectivity index (χ0) is 34.0. The van der Waals surface area contributed by atoms with Gasteiger partial charge in [-0.2, -0.15) is 5.10 Å². The summed E-state index contributed by atoms with van der Waals surface area (Å²) in [7, 11) is 0.285. The van der Waals surface area contributed by atoms with Gasteiger partial charge in [0.2, 0.25) is 5.91 Å². The van der Waals surface area contributed by atoms with E-state index in [4.69, 9.17) is 14.7 Å². The molecule has 3 heterocycles. The molecule has 0 unspecified atom stereocenters. The van der Waals surface area contributed by atoms with Crippen LogP contribution in [0, 0.1) is 13.8 Å². The van der Waals surface area contributed by atoms with Crippen LogP contribution in [0.25, 0.3) is 11.0 Å². The molecule has 1 fully saturated rings. The molecule has 1 aliphatic rings. The van der Waals surface area contributed by atoms with E-state index in [0.717, 1.165) is 48.5 Å². The van der Waals surface area contributed by atoms with Gasteiger partial charge in [-0.3, -0.25) is 9.89 Å². The molecule has 0 spiro atoms. The number of para-hydroxylation sites is 1. The molecule has 2 aromatic carbocycles. The minimum absolute atomic E-state index is 0.0381. The van der Waals surface area contributed by atoms with Crippen LogP contribution in [-0.4, -0.2) is 89.4 Å². The Hall–Kier alpha value is -4.03. The first-order valence-electron chi connectivity index (χ1n) is 16.3. The number of nitrogens with zero attached hydrogens (tertiary/aromatic N) is 5. The summed E-state index contributed by atoms with van der Waals surface area (Å²) in [6.45, 7) is 13.3. The number of anilines is 2. The molecule has 1 aliphatic heterocycles. The lowest BCUT2D eigenvalue weighted by Gasteiger charge is -2.34. The van der Waals surface area contributed by atoms with Crippen LogP contribution in [0.5, 0.6) is 5.75 Å². The van der Waals surface area contributed by atoms with Crippen LogP contribution in [0.2, 0.25) is 0 Å². The van der Waals surface area contributed by atoms with E-state index in [1.165, 1.54) is 5.56 Å². The Morgan fingerprint density at radius 1 is 1.09 bits per heavy atom. The van der Waals surface area contributed by atoms with E-state index in [1.54, 1.807) is 38.1 Å². The number of rotatable bonds is 11. The Morgan fingerprint density at radius 2 is 1.79 bits per heavy atom. The number of amides is 1. The van der Waals surface area contributed by atoms with Crippen molar-refractivity contribution in [3.05, 3.63) is 64.6 Å².